The lowest BCUT2D eigenvalue weighted by Gasteiger charge is -2.23. The molecule has 0 aromatic heterocycles. The molecule has 0 aliphatic carbocycles. The van der Waals surface area contributed by atoms with Crippen LogP contribution in [0.25, 0.3) is 0 Å². The molecule has 22 heavy (non-hydrogen) atoms. The summed E-state index contributed by atoms with van der Waals surface area (Å²) in [5.74, 6) is -1.51. The number of carbonyl (C=O) groups excluding carboxylic acids is 1. The summed E-state index contributed by atoms with van der Waals surface area (Å²) in [5.41, 5.74) is 10.9. The van der Waals surface area contributed by atoms with Gasteiger partial charge in [0.1, 0.15) is 13.2 Å². The van der Waals surface area contributed by atoms with Crippen LogP contribution >= 0.6 is 0 Å². The number of hydroxylamine groups is 2. The number of nitrogens with zero attached hydrogens (tertiary/aromatic N) is 2. The Morgan fingerprint density at radius 3 is 2.59 bits per heavy atom. The first-order valence-electron chi connectivity index (χ1n) is 6.38. The fourth-order valence-corrected chi connectivity index (χ4v) is 1.56. The number of rotatable bonds is 10. The number of amides is 1. The second-order valence-corrected chi connectivity index (χ2v) is 4.22. The topological polar surface area (TPSA) is 140 Å². The number of carboxylic acid groups (broad SMARTS) is 1. The summed E-state index contributed by atoms with van der Waals surface area (Å²) in [6.07, 6.45) is 0.266. The molecule has 1 amide bonds. The fourth-order valence-electron chi connectivity index (χ4n) is 1.56. The van der Waals surface area contributed by atoms with Crippen LogP contribution in [0.1, 0.15) is 12.0 Å². The summed E-state index contributed by atoms with van der Waals surface area (Å²) in [4.78, 5) is 32.2. The third-order valence-corrected chi connectivity index (χ3v) is 2.57. The van der Waals surface area contributed by atoms with Gasteiger partial charge in [-0.05, 0) is 10.7 Å². The highest BCUT2D eigenvalue weighted by molar-refractivity contribution is 5.76. The third-order valence-electron chi connectivity index (χ3n) is 2.57. The number of carboxylic acids is 1. The molecule has 1 aromatic rings. The van der Waals surface area contributed by atoms with Crippen LogP contribution in [0, 0.1) is 0 Å². The Balaban J connectivity index is 2.56. The molecule has 0 unspecified atom stereocenters. The Morgan fingerprint density at radius 1 is 1.36 bits per heavy atom. The second kappa shape index (κ2) is 9.19. The molecule has 0 saturated carbocycles. The van der Waals surface area contributed by atoms with E-state index in [4.69, 9.17) is 26.2 Å². The van der Waals surface area contributed by atoms with Crippen molar-refractivity contribution in [3.63, 3.8) is 0 Å². The van der Waals surface area contributed by atoms with Crippen LogP contribution in [0.4, 0.5) is 0 Å². The van der Waals surface area contributed by atoms with E-state index in [0.717, 1.165) is 10.6 Å². The minimum Gasteiger partial charge on any atom is -0.480 e. The van der Waals surface area contributed by atoms with Gasteiger partial charge in [0, 0.05) is 6.42 Å². The third kappa shape index (κ3) is 6.09. The molecular weight excluding hydrogens is 292 g/mol. The molecule has 0 aliphatic rings. The van der Waals surface area contributed by atoms with Gasteiger partial charge in [-0.3, -0.25) is 9.63 Å². The molecule has 0 spiro atoms. The zero-order chi connectivity index (χ0) is 16.4. The SMILES string of the molecule is NC(N)=NOCC[C@@H](C(=O)O)N(C=O)OCc1ccccc1. The van der Waals surface area contributed by atoms with E-state index < -0.39 is 12.0 Å². The van der Waals surface area contributed by atoms with Gasteiger partial charge in [-0.15, -0.1) is 0 Å². The van der Waals surface area contributed by atoms with E-state index in [1.165, 1.54) is 0 Å². The summed E-state index contributed by atoms with van der Waals surface area (Å²) < 4.78 is 0. The van der Waals surface area contributed by atoms with Gasteiger partial charge >= 0.3 is 5.97 Å². The Labute approximate surface area is 127 Å². The van der Waals surface area contributed by atoms with Crippen LogP contribution in [0.3, 0.4) is 0 Å². The van der Waals surface area contributed by atoms with E-state index in [1.54, 1.807) is 12.1 Å². The van der Waals surface area contributed by atoms with E-state index in [9.17, 15) is 9.59 Å². The predicted molar refractivity (Wildman–Crippen MR) is 76.9 cm³/mol. The first kappa shape index (κ1) is 17.2. The Bertz CT molecular complexity index is 504. The summed E-state index contributed by atoms with van der Waals surface area (Å²) in [6, 6.07) is 7.82. The molecule has 120 valence electrons. The molecule has 0 aliphatic heterocycles. The number of guanidine groups is 1. The minimum atomic E-state index is -1.23. The number of oxime groups is 1. The van der Waals surface area contributed by atoms with Crippen LogP contribution in [0.2, 0.25) is 0 Å². The number of hydrogen-bond donors (Lipinski definition) is 3. The maximum atomic E-state index is 11.2. The molecule has 0 fully saturated rings. The molecule has 1 rings (SSSR count). The molecule has 1 aromatic carbocycles. The van der Waals surface area contributed by atoms with Gasteiger partial charge in [0.15, 0.2) is 6.04 Å². The Hall–Kier alpha value is -2.81. The Morgan fingerprint density at radius 2 is 2.05 bits per heavy atom. The average Bonchev–Trinajstić information content (AvgIpc) is 2.50. The summed E-state index contributed by atoms with van der Waals surface area (Å²) in [6.45, 7) is -0.0218. The van der Waals surface area contributed by atoms with Crippen molar-refractivity contribution in [3.8, 4) is 0 Å². The lowest BCUT2D eigenvalue weighted by atomic mass is 10.2. The number of nitrogens with two attached hydrogens (primary N) is 2. The Kier molecular flexibility index (Phi) is 7.20. The molecule has 1 atom stereocenters. The van der Waals surface area contributed by atoms with Gasteiger partial charge in [0.2, 0.25) is 12.4 Å². The summed E-state index contributed by atoms with van der Waals surface area (Å²) in [5, 5.41) is 13.2. The largest absolute Gasteiger partial charge is 0.480 e. The molecule has 0 saturated heterocycles. The highest BCUT2D eigenvalue weighted by atomic mass is 16.7. The van der Waals surface area contributed by atoms with E-state index in [-0.39, 0.29) is 25.6 Å². The van der Waals surface area contributed by atoms with Gasteiger partial charge in [-0.25, -0.2) is 9.86 Å². The summed E-state index contributed by atoms with van der Waals surface area (Å²) in [7, 11) is 0. The first-order valence-corrected chi connectivity index (χ1v) is 6.38. The monoisotopic (exact) mass is 310 g/mol. The maximum Gasteiger partial charge on any atom is 0.329 e. The van der Waals surface area contributed by atoms with Crippen molar-refractivity contribution in [3.05, 3.63) is 35.9 Å². The molecule has 9 nitrogen and oxygen atoms in total. The quantitative estimate of drug-likeness (QED) is 0.176. The van der Waals surface area contributed by atoms with Crippen molar-refractivity contribution in [2.45, 2.75) is 19.1 Å². The van der Waals surface area contributed by atoms with E-state index >= 15 is 0 Å². The number of carbonyl (C=O) groups is 2. The molecular formula is C13H18N4O5. The predicted octanol–water partition coefficient (Wildman–Crippen LogP) is -0.375. The van der Waals surface area contributed by atoms with Gasteiger partial charge in [0.05, 0.1) is 0 Å². The van der Waals surface area contributed by atoms with Crippen LogP contribution in [-0.2, 0) is 25.9 Å². The molecule has 0 heterocycles. The molecule has 0 radical (unpaired) electrons. The summed E-state index contributed by atoms with van der Waals surface area (Å²) >= 11 is 0. The van der Waals surface area contributed by atoms with Crippen molar-refractivity contribution >= 4 is 18.3 Å². The maximum absolute atomic E-state index is 11.2. The van der Waals surface area contributed by atoms with Gasteiger partial charge < -0.3 is 21.4 Å². The lowest BCUT2D eigenvalue weighted by molar-refractivity contribution is -0.202. The lowest BCUT2D eigenvalue weighted by Crippen LogP contribution is -2.41. The van der Waals surface area contributed by atoms with Crippen molar-refractivity contribution in [1.29, 1.82) is 0 Å². The molecule has 5 N–H and O–H groups in total. The molecule has 9 heteroatoms. The standard InChI is InChI=1S/C13H18N4O5/c14-13(15)16-21-7-6-11(12(19)20)17(9-18)22-8-10-4-2-1-3-5-10/h1-5,9,11H,6-8H2,(H,19,20)(H4,14,15,16)/t11-/m0/s1. The van der Waals surface area contributed by atoms with Gasteiger partial charge in [-0.2, -0.15) is 0 Å². The van der Waals surface area contributed by atoms with Crippen molar-refractivity contribution in [2.24, 2.45) is 16.6 Å². The minimum absolute atomic E-state index is 0.0420. The van der Waals surface area contributed by atoms with Crippen LogP contribution in [0.15, 0.2) is 35.5 Å². The van der Waals surface area contributed by atoms with Crippen LogP contribution in [0.5, 0.6) is 0 Å². The van der Waals surface area contributed by atoms with Crippen molar-refractivity contribution in [2.75, 3.05) is 6.61 Å². The number of benzene rings is 1. The zero-order valence-electron chi connectivity index (χ0n) is 11.8. The van der Waals surface area contributed by atoms with Crippen LogP contribution < -0.4 is 11.5 Å². The highest BCUT2D eigenvalue weighted by Gasteiger charge is 2.26. The van der Waals surface area contributed by atoms with Gasteiger partial charge in [0.25, 0.3) is 0 Å². The highest BCUT2D eigenvalue weighted by Crippen LogP contribution is 2.08. The molecule has 0 bridgehead atoms. The zero-order valence-corrected chi connectivity index (χ0v) is 11.8. The van der Waals surface area contributed by atoms with E-state index in [2.05, 4.69) is 5.16 Å². The number of aliphatic carboxylic acids is 1. The second-order valence-electron chi connectivity index (χ2n) is 4.22. The smallest absolute Gasteiger partial charge is 0.329 e. The van der Waals surface area contributed by atoms with E-state index in [1.807, 2.05) is 18.2 Å². The number of hydrogen-bond acceptors (Lipinski definition) is 5. The van der Waals surface area contributed by atoms with Gasteiger partial charge in [-0.1, -0.05) is 30.3 Å². The average molecular weight is 310 g/mol. The van der Waals surface area contributed by atoms with Crippen LogP contribution in [-0.4, -0.2) is 41.2 Å². The van der Waals surface area contributed by atoms with Crippen molar-refractivity contribution in [1.82, 2.24) is 5.06 Å². The van der Waals surface area contributed by atoms with Crippen molar-refractivity contribution < 1.29 is 24.4 Å². The fraction of sp³-hybridized carbons (Fsp3) is 0.308. The first-order chi connectivity index (χ1) is 10.5. The normalized spacial score (nSPS) is 11.3. The van der Waals surface area contributed by atoms with E-state index in [0.29, 0.717) is 6.41 Å².